The summed E-state index contributed by atoms with van der Waals surface area (Å²) in [6.45, 7) is -3.39. The highest BCUT2D eigenvalue weighted by Crippen LogP contribution is 2.37. The molecule has 3 aliphatic rings. The summed E-state index contributed by atoms with van der Waals surface area (Å²) in [5, 5.41) is 109. The molecule has 0 aromatic rings. The highest BCUT2D eigenvalue weighted by molar-refractivity contribution is 4.99. The van der Waals surface area contributed by atoms with Gasteiger partial charge in [0.1, 0.15) is 73.8 Å². The predicted molar refractivity (Wildman–Crippen MR) is 101 cm³/mol. The Kier molecular flexibility index (Phi) is 9.18. The van der Waals surface area contributed by atoms with Gasteiger partial charge in [0.15, 0.2) is 12.6 Å². The molecule has 0 aliphatic carbocycles. The van der Waals surface area contributed by atoms with Crippen molar-refractivity contribution < 1.29 is 79.9 Å². The average molecular weight is 504 g/mol. The van der Waals surface area contributed by atoms with Crippen LogP contribution in [-0.4, -0.2) is 168 Å². The predicted octanol–water partition coefficient (Wildman–Crippen LogP) is -7.57. The number of aliphatic hydroxyl groups is 11. The van der Waals surface area contributed by atoms with Crippen molar-refractivity contribution in [3.63, 3.8) is 0 Å². The van der Waals surface area contributed by atoms with Gasteiger partial charge in [-0.25, -0.2) is 0 Å². The Bertz CT molecular complexity index is 651. The number of ether oxygens (including phenoxy) is 5. The Hall–Kier alpha value is -0.640. The topological polar surface area (TPSA) is 269 Å². The molecule has 16 heteroatoms. The molecule has 0 unspecified atom stereocenters. The lowest BCUT2D eigenvalue weighted by atomic mass is 9.97. The maximum absolute atomic E-state index is 10.6. The maximum atomic E-state index is 10.6. The highest BCUT2D eigenvalue weighted by Gasteiger charge is 2.59. The van der Waals surface area contributed by atoms with Gasteiger partial charge in [0.05, 0.1) is 19.8 Å². The Morgan fingerprint density at radius 1 is 0.588 bits per heavy atom. The summed E-state index contributed by atoms with van der Waals surface area (Å²) in [5.74, 6) is -2.36. The molecule has 3 fully saturated rings. The number of rotatable bonds is 8. The molecule has 11 N–H and O–H groups in total. The van der Waals surface area contributed by atoms with E-state index in [2.05, 4.69) is 0 Å². The number of hydrogen-bond acceptors (Lipinski definition) is 16. The monoisotopic (exact) mass is 504 g/mol. The minimum Gasteiger partial charge on any atom is -0.394 e. The zero-order valence-corrected chi connectivity index (χ0v) is 17.8. The molecule has 3 heterocycles. The van der Waals surface area contributed by atoms with E-state index in [1.54, 1.807) is 0 Å². The molecule has 3 aliphatic heterocycles. The van der Waals surface area contributed by atoms with E-state index in [-0.39, 0.29) is 0 Å². The van der Waals surface area contributed by atoms with Crippen LogP contribution in [0.2, 0.25) is 0 Å². The maximum Gasteiger partial charge on any atom is 0.224 e. The molecular weight excluding hydrogens is 472 g/mol. The Labute approximate surface area is 192 Å². The van der Waals surface area contributed by atoms with Crippen molar-refractivity contribution in [3.8, 4) is 0 Å². The fourth-order valence-corrected chi connectivity index (χ4v) is 4.12. The lowest BCUT2D eigenvalue weighted by Gasteiger charge is -2.47. The summed E-state index contributed by atoms with van der Waals surface area (Å²) < 4.78 is 26.6. The zero-order valence-electron chi connectivity index (χ0n) is 17.8. The molecule has 0 saturated carbocycles. The van der Waals surface area contributed by atoms with E-state index in [1.807, 2.05) is 0 Å². The SMILES string of the molecule is OC[C@H]1O[C@@](CO)(O[C@@H]2O[C@H](CO)[C@@H](O[C@@H]3O[C@H](CO)[C@@H](O)[C@H](O)[C@H]3O)[C@H](O)[C@H]2O)[C@@H](O)[C@@H]1O. The summed E-state index contributed by atoms with van der Waals surface area (Å²) in [7, 11) is 0. The Balaban J connectivity index is 1.74. The van der Waals surface area contributed by atoms with Crippen molar-refractivity contribution in [2.75, 3.05) is 26.4 Å². The van der Waals surface area contributed by atoms with E-state index in [1.165, 1.54) is 0 Å². The lowest BCUT2D eigenvalue weighted by molar-refractivity contribution is -0.398. The van der Waals surface area contributed by atoms with Crippen LogP contribution >= 0.6 is 0 Å². The first-order valence-corrected chi connectivity index (χ1v) is 10.6. The Morgan fingerprint density at radius 2 is 1.15 bits per heavy atom. The third kappa shape index (κ3) is 4.96. The van der Waals surface area contributed by atoms with E-state index in [9.17, 15) is 56.2 Å². The second kappa shape index (κ2) is 11.2. The van der Waals surface area contributed by atoms with Gasteiger partial charge in [-0.2, -0.15) is 0 Å². The molecular formula is C18H32O16. The standard InChI is InChI=1S/C18H32O16/c19-1-5-8(23)10(25)12(27)16(30-5)32-14-7(3-21)31-17(13(28)11(14)26)34-18(4-22)15(29)9(24)6(2-20)33-18/h5-17,19-29H,1-4H2/t5-,6-,7-,8-,9-,10+,11-,12-,13-,14-,15+,16+,17+,18+/m1/s1. The first-order chi connectivity index (χ1) is 16.0. The van der Waals surface area contributed by atoms with Gasteiger partial charge in [0, 0.05) is 0 Å². The van der Waals surface area contributed by atoms with Crippen LogP contribution in [0.3, 0.4) is 0 Å². The van der Waals surface area contributed by atoms with Gasteiger partial charge < -0.3 is 79.9 Å². The third-order valence-corrected chi connectivity index (χ3v) is 6.18. The van der Waals surface area contributed by atoms with Crippen molar-refractivity contribution in [3.05, 3.63) is 0 Å². The van der Waals surface area contributed by atoms with Crippen molar-refractivity contribution in [1.29, 1.82) is 0 Å². The van der Waals surface area contributed by atoms with E-state index in [0.717, 1.165) is 0 Å². The minimum atomic E-state index is -2.36. The van der Waals surface area contributed by atoms with Crippen LogP contribution in [0.4, 0.5) is 0 Å². The Morgan fingerprint density at radius 3 is 1.68 bits per heavy atom. The van der Waals surface area contributed by atoms with Crippen LogP contribution in [0, 0.1) is 0 Å². The molecule has 0 aromatic carbocycles. The number of hydrogen-bond donors (Lipinski definition) is 11. The van der Waals surface area contributed by atoms with Gasteiger partial charge in [-0.15, -0.1) is 0 Å². The van der Waals surface area contributed by atoms with Crippen LogP contribution in [0.5, 0.6) is 0 Å². The molecule has 0 aromatic heterocycles. The van der Waals surface area contributed by atoms with E-state index < -0.39 is 112 Å². The molecule has 3 rings (SSSR count). The summed E-state index contributed by atoms with van der Waals surface area (Å²) in [4.78, 5) is 0. The molecule has 14 atom stereocenters. The van der Waals surface area contributed by atoms with Crippen molar-refractivity contribution in [2.24, 2.45) is 0 Å². The van der Waals surface area contributed by atoms with Gasteiger partial charge in [-0.1, -0.05) is 0 Å². The highest BCUT2D eigenvalue weighted by atomic mass is 16.8. The number of aliphatic hydroxyl groups excluding tert-OH is 11. The van der Waals surface area contributed by atoms with Crippen LogP contribution < -0.4 is 0 Å². The normalized spacial score (nSPS) is 52.1. The molecule has 34 heavy (non-hydrogen) atoms. The van der Waals surface area contributed by atoms with Gasteiger partial charge in [-0.05, 0) is 0 Å². The van der Waals surface area contributed by atoms with Crippen molar-refractivity contribution in [1.82, 2.24) is 0 Å². The fourth-order valence-electron chi connectivity index (χ4n) is 4.12. The first kappa shape index (κ1) is 27.9. The quantitative estimate of drug-likeness (QED) is 0.146. The van der Waals surface area contributed by atoms with Crippen LogP contribution in [0.1, 0.15) is 0 Å². The third-order valence-electron chi connectivity index (χ3n) is 6.18. The zero-order chi connectivity index (χ0) is 25.4. The van der Waals surface area contributed by atoms with Gasteiger partial charge in [-0.3, -0.25) is 0 Å². The second-order valence-electron chi connectivity index (χ2n) is 8.37. The molecule has 0 amide bonds. The molecule has 16 nitrogen and oxygen atoms in total. The second-order valence-corrected chi connectivity index (χ2v) is 8.37. The summed E-state index contributed by atoms with van der Waals surface area (Å²) >= 11 is 0. The lowest BCUT2D eigenvalue weighted by Crippen LogP contribution is -2.66. The van der Waals surface area contributed by atoms with Crippen LogP contribution in [-0.2, 0) is 23.7 Å². The van der Waals surface area contributed by atoms with Gasteiger partial charge >= 0.3 is 0 Å². The molecule has 200 valence electrons. The van der Waals surface area contributed by atoms with Gasteiger partial charge in [0.2, 0.25) is 5.79 Å². The van der Waals surface area contributed by atoms with Crippen molar-refractivity contribution >= 4 is 0 Å². The van der Waals surface area contributed by atoms with Crippen molar-refractivity contribution in [2.45, 2.75) is 85.5 Å². The summed E-state index contributed by atoms with van der Waals surface area (Å²) in [6, 6.07) is 0. The molecule has 0 radical (unpaired) electrons. The molecule has 0 bridgehead atoms. The first-order valence-electron chi connectivity index (χ1n) is 10.6. The average Bonchev–Trinajstić information content (AvgIpc) is 3.08. The minimum absolute atomic E-state index is 0.742. The summed E-state index contributed by atoms with van der Waals surface area (Å²) in [5.41, 5.74) is 0. The molecule has 3 saturated heterocycles. The van der Waals surface area contributed by atoms with Crippen LogP contribution in [0.25, 0.3) is 0 Å². The largest absolute Gasteiger partial charge is 0.394 e. The summed E-state index contributed by atoms with van der Waals surface area (Å²) in [6.07, 6.45) is -22.0. The van der Waals surface area contributed by atoms with E-state index >= 15 is 0 Å². The van der Waals surface area contributed by atoms with E-state index in [4.69, 9.17) is 23.7 Å². The fraction of sp³-hybridized carbons (Fsp3) is 1.00. The van der Waals surface area contributed by atoms with Crippen LogP contribution in [0.15, 0.2) is 0 Å². The van der Waals surface area contributed by atoms with Gasteiger partial charge in [0.25, 0.3) is 0 Å². The van der Waals surface area contributed by atoms with E-state index in [0.29, 0.717) is 0 Å². The molecule has 0 spiro atoms. The smallest absolute Gasteiger partial charge is 0.224 e.